The topological polar surface area (TPSA) is 56.8 Å². The lowest BCUT2D eigenvalue weighted by Gasteiger charge is -2.36. The quantitative estimate of drug-likeness (QED) is 0.452. The van der Waals surface area contributed by atoms with Crippen LogP contribution < -0.4 is 4.90 Å². The van der Waals surface area contributed by atoms with Crippen molar-refractivity contribution in [2.75, 3.05) is 44.2 Å². The van der Waals surface area contributed by atoms with Gasteiger partial charge in [-0.2, -0.15) is 13.2 Å². The number of amides is 2. The van der Waals surface area contributed by atoms with Crippen LogP contribution in [0.2, 0.25) is 0 Å². The number of hydrogen-bond donors (Lipinski definition) is 0. The zero-order chi connectivity index (χ0) is 26.7. The molecule has 10 heteroatoms. The summed E-state index contributed by atoms with van der Waals surface area (Å²) in [6.07, 6.45) is -2.35. The highest BCUT2D eigenvalue weighted by Gasteiger charge is 2.32. The molecular formula is C28H29F3N4O2S. The van der Waals surface area contributed by atoms with Crippen molar-refractivity contribution in [3.8, 4) is 0 Å². The number of anilines is 1. The SMILES string of the molecule is O=C(Cc1ccccc1)N1CCC(c2nc(C(=O)N3CCN(c4cccc(C(F)(F)F)c4)CC3)cs2)CC1. The Hall–Kier alpha value is -3.40. The first-order valence-corrected chi connectivity index (χ1v) is 13.6. The minimum absolute atomic E-state index is 0.133. The van der Waals surface area contributed by atoms with Crippen LogP contribution in [0.15, 0.2) is 60.0 Å². The number of benzene rings is 2. The van der Waals surface area contributed by atoms with Crippen LogP contribution in [0.1, 0.15) is 45.4 Å². The summed E-state index contributed by atoms with van der Waals surface area (Å²) >= 11 is 1.48. The Balaban J connectivity index is 1.12. The second kappa shape index (κ2) is 11.1. The summed E-state index contributed by atoms with van der Waals surface area (Å²) in [5.41, 5.74) is 1.27. The Kier molecular flexibility index (Phi) is 7.69. The number of piperidine rings is 1. The van der Waals surface area contributed by atoms with Crippen molar-refractivity contribution in [1.82, 2.24) is 14.8 Å². The Morgan fingerprint density at radius 3 is 2.29 bits per heavy atom. The van der Waals surface area contributed by atoms with Crippen LogP contribution in [0.5, 0.6) is 0 Å². The van der Waals surface area contributed by atoms with Gasteiger partial charge < -0.3 is 14.7 Å². The molecule has 0 unspecified atom stereocenters. The molecule has 2 fully saturated rings. The van der Waals surface area contributed by atoms with E-state index in [-0.39, 0.29) is 17.7 Å². The summed E-state index contributed by atoms with van der Waals surface area (Å²) in [4.78, 5) is 35.9. The summed E-state index contributed by atoms with van der Waals surface area (Å²) in [5.74, 6) is 0.209. The van der Waals surface area contributed by atoms with Gasteiger partial charge in [0.05, 0.1) is 17.0 Å². The number of likely N-dealkylation sites (tertiary alicyclic amines) is 1. The number of aromatic nitrogens is 1. The number of carbonyl (C=O) groups excluding carboxylic acids is 2. The second-order valence-corrected chi connectivity index (χ2v) is 10.6. The summed E-state index contributed by atoms with van der Waals surface area (Å²) < 4.78 is 39.2. The van der Waals surface area contributed by atoms with Crippen LogP contribution in [-0.4, -0.2) is 65.9 Å². The lowest BCUT2D eigenvalue weighted by molar-refractivity contribution is -0.137. The molecule has 0 radical (unpaired) electrons. The number of halogens is 3. The third kappa shape index (κ3) is 6.01. The maximum atomic E-state index is 13.1. The molecule has 0 spiro atoms. The third-order valence-corrected chi connectivity index (χ3v) is 8.25. The van der Waals surface area contributed by atoms with E-state index in [0.29, 0.717) is 57.1 Å². The molecule has 5 rings (SSSR count). The largest absolute Gasteiger partial charge is 0.416 e. The van der Waals surface area contributed by atoms with Crippen molar-refractivity contribution in [3.05, 3.63) is 81.8 Å². The highest BCUT2D eigenvalue weighted by molar-refractivity contribution is 7.09. The lowest BCUT2D eigenvalue weighted by atomic mass is 9.97. The van der Waals surface area contributed by atoms with E-state index in [1.54, 1.807) is 16.3 Å². The van der Waals surface area contributed by atoms with Crippen molar-refractivity contribution in [2.45, 2.75) is 31.4 Å². The summed E-state index contributed by atoms with van der Waals surface area (Å²) in [5, 5.41) is 2.72. The van der Waals surface area contributed by atoms with Crippen molar-refractivity contribution in [1.29, 1.82) is 0 Å². The van der Waals surface area contributed by atoms with Crippen molar-refractivity contribution in [3.63, 3.8) is 0 Å². The van der Waals surface area contributed by atoms with Crippen molar-refractivity contribution >= 4 is 28.8 Å². The lowest BCUT2D eigenvalue weighted by Crippen LogP contribution is -2.49. The van der Waals surface area contributed by atoms with Gasteiger partial charge in [0.2, 0.25) is 5.91 Å². The van der Waals surface area contributed by atoms with E-state index in [2.05, 4.69) is 4.98 Å². The van der Waals surface area contributed by atoms with Gasteiger partial charge in [0.1, 0.15) is 5.69 Å². The molecule has 2 saturated heterocycles. The van der Waals surface area contributed by atoms with Crippen LogP contribution in [0.25, 0.3) is 0 Å². The minimum Gasteiger partial charge on any atom is -0.368 e. The van der Waals surface area contributed by atoms with Gasteiger partial charge in [-0.3, -0.25) is 9.59 Å². The predicted molar refractivity (Wildman–Crippen MR) is 140 cm³/mol. The molecule has 2 aromatic carbocycles. The zero-order valence-corrected chi connectivity index (χ0v) is 21.7. The van der Waals surface area contributed by atoms with Gasteiger partial charge in [-0.25, -0.2) is 4.98 Å². The minimum atomic E-state index is -4.38. The number of thiazole rings is 1. The predicted octanol–water partition coefficient (Wildman–Crippen LogP) is 5.07. The van der Waals surface area contributed by atoms with Crippen LogP contribution in [-0.2, 0) is 17.4 Å². The molecule has 6 nitrogen and oxygen atoms in total. The molecule has 0 aliphatic carbocycles. The first-order chi connectivity index (χ1) is 18.3. The van der Waals surface area contributed by atoms with Gasteiger partial charge in [0.15, 0.2) is 0 Å². The van der Waals surface area contributed by atoms with Gasteiger partial charge in [-0.1, -0.05) is 36.4 Å². The molecule has 2 aliphatic heterocycles. The van der Waals surface area contributed by atoms with E-state index in [1.807, 2.05) is 40.1 Å². The van der Waals surface area contributed by atoms with Crippen molar-refractivity contribution in [2.24, 2.45) is 0 Å². The standard InChI is InChI=1S/C28H29F3N4O2S/c29-28(30,31)22-7-4-8-23(18-22)33-13-15-35(16-14-33)27(37)24-19-38-26(32-24)21-9-11-34(12-10-21)25(36)17-20-5-2-1-3-6-20/h1-8,18-19,21H,9-17H2. The third-order valence-electron chi connectivity index (χ3n) is 7.24. The molecule has 3 heterocycles. The maximum Gasteiger partial charge on any atom is 0.416 e. The highest BCUT2D eigenvalue weighted by atomic mass is 32.1. The number of rotatable bonds is 5. The average Bonchev–Trinajstić information content (AvgIpc) is 3.43. The molecular weight excluding hydrogens is 513 g/mol. The fourth-order valence-corrected chi connectivity index (χ4v) is 6.01. The zero-order valence-electron chi connectivity index (χ0n) is 20.9. The Morgan fingerprint density at radius 2 is 1.61 bits per heavy atom. The molecule has 0 N–H and O–H groups in total. The molecule has 3 aromatic rings. The smallest absolute Gasteiger partial charge is 0.368 e. The molecule has 200 valence electrons. The molecule has 0 atom stereocenters. The molecule has 2 aliphatic rings. The highest BCUT2D eigenvalue weighted by Crippen LogP contribution is 2.33. The van der Waals surface area contributed by atoms with Gasteiger partial charge in [0.25, 0.3) is 5.91 Å². The van der Waals surface area contributed by atoms with Crippen LogP contribution in [0.3, 0.4) is 0 Å². The maximum absolute atomic E-state index is 13.1. The molecule has 1 aromatic heterocycles. The Labute approximate surface area is 223 Å². The Bertz CT molecular complexity index is 1260. The van der Waals surface area contributed by atoms with Crippen LogP contribution in [0.4, 0.5) is 18.9 Å². The van der Waals surface area contributed by atoms with E-state index in [4.69, 9.17) is 0 Å². The van der Waals surface area contributed by atoms with Gasteiger partial charge in [0, 0.05) is 56.3 Å². The van der Waals surface area contributed by atoms with E-state index >= 15 is 0 Å². The average molecular weight is 543 g/mol. The summed E-state index contributed by atoms with van der Waals surface area (Å²) in [6.45, 7) is 3.11. The molecule has 38 heavy (non-hydrogen) atoms. The molecule has 2 amide bonds. The number of nitrogens with zero attached hydrogens (tertiary/aromatic N) is 4. The van der Waals surface area contributed by atoms with E-state index in [9.17, 15) is 22.8 Å². The first kappa shape index (κ1) is 26.2. The van der Waals surface area contributed by atoms with Gasteiger partial charge in [-0.15, -0.1) is 11.3 Å². The Morgan fingerprint density at radius 1 is 0.895 bits per heavy atom. The van der Waals surface area contributed by atoms with Crippen LogP contribution in [0, 0.1) is 0 Å². The van der Waals surface area contributed by atoms with Crippen molar-refractivity contribution < 1.29 is 22.8 Å². The number of piperazine rings is 1. The van der Waals surface area contributed by atoms with E-state index in [0.717, 1.165) is 35.5 Å². The van der Waals surface area contributed by atoms with E-state index < -0.39 is 11.7 Å². The number of carbonyl (C=O) groups is 2. The summed E-state index contributed by atoms with van der Waals surface area (Å²) in [6, 6.07) is 15.0. The van der Waals surface area contributed by atoms with Crippen LogP contribution >= 0.6 is 11.3 Å². The van der Waals surface area contributed by atoms with E-state index in [1.165, 1.54) is 17.4 Å². The summed E-state index contributed by atoms with van der Waals surface area (Å²) in [7, 11) is 0. The number of hydrogen-bond acceptors (Lipinski definition) is 5. The number of alkyl halides is 3. The van der Waals surface area contributed by atoms with Gasteiger partial charge >= 0.3 is 6.18 Å². The second-order valence-electron chi connectivity index (χ2n) is 9.72. The monoisotopic (exact) mass is 542 g/mol. The normalized spacial score (nSPS) is 17.1. The fourth-order valence-electron chi connectivity index (χ4n) is 5.04. The molecule has 0 bridgehead atoms. The van der Waals surface area contributed by atoms with Gasteiger partial charge in [-0.05, 0) is 36.6 Å². The fraction of sp³-hybridized carbons (Fsp3) is 0.393. The molecule has 0 saturated carbocycles. The first-order valence-electron chi connectivity index (χ1n) is 12.8.